The highest BCUT2D eigenvalue weighted by molar-refractivity contribution is 7.89. The summed E-state index contributed by atoms with van der Waals surface area (Å²) < 4.78 is 26.6. The Kier molecular flexibility index (Phi) is 5.88. The Labute approximate surface area is 125 Å². The van der Waals surface area contributed by atoms with Crippen molar-refractivity contribution in [1.82, 2.24) is 4.72 Å². The van der Waals surface area contributed by atoms with Gasteiger partial charge in [-0.2, -0.15) is 0 Å². The van der Waals surface area contributed by atoms with Crippen LogP contribution in [0.15, 0.2) is 23.1 Å². The van der Waals surface area contributed by atoms with Crippen LogP contribution < -0.4 is 10.5 Å². The maximum atomic E-state index is 12.1. The van der Waals surface area contributed by atoms with Crippen LogP contribution in [0.4, 0.5) is 0 Å². The van der Waals surface area contributed by atoms with E-state index in [9.17, 15) is 18.3 Å². The molecule has 0 aromatic heterocycles. The summed E-state index contributed by atoms with van der Waals surface area (Å²) in [5.41, 5.74) is 5.99. The third-order valence-electron chi connectivity index (χ3n) is 3.04. The molecule has 0 bridgehead atoms. The summed E-state index contributed by atoms with van der Waals surface area (Å²) in [5, 5.41) is 9.72. The van der Waals surface area contributed by atoms with Crippen LogP contribution in [0.5, 0.6) is 0 Å². The molecule has 0 aliphatic carbocycles. The van der Waals surface area contributed by atoms with E-state index in [-0.39, 0.29) is 22.9 Å². The Morgan fingerprint density at radius 3 is 2.52 bits per heavy atom. The summed E-state index contributed by atoms with van der Waals surface area (Å²) in [6, 6.07) is 4.17. The highest BCUT2D eigenvalue weighted by atomic mass is 32.2. The minimum absolute atomic E-state index is 0.0429. The number of carbonyl (C=O) groups is 1. The van der Waals surface area contributed by atoms with Gasteiger partial charge in [0, 0.05) is 12.1 Å². The molecule has 7 heteroatoms. The fourth-order valence-electron chi connectivity index (χ4n) is 1.95. The van der Waals surface area contributed by atoms with Crippen molar-refractivity contribution in [3.8, 4) is 0 Å². The summed E-state index contributed by atoms with van der Waals surface area (Å²) in [5.74, 6) is -0.408. The van der Waals surface area contributed by atoms with Crippen LogP contribution in [0, 0.1) is 12.8 Å². The highest BCUT2D eigenvalue weighted by Crippen LogP contribution is 2.15. The molecule has 21 heavy (non-hydrogen) atoms. The molecule has 0 fully saturated rings. The molecular formula is C14H22N2O4S. The van der Waals surface area contributed by atoms with Crippen molar-refractivity contribution in [1.29, 1.82) is 0 Å². The molecule has 0 aliphatic rings. The smallest absolute Gasteiger partial charge is 0.249 e. The molecule has 0 saturated heterocycles. The van der Waals surface area contributed by atoms with Crippen molar-refractivity contribution < 1.29 is 18.3 Å². The van der Waals surface area contributed by atoms with Crippen molar-refractivity contribution in [3.63, 3.8) is 0 Å². The number of carbonyl (C=O) groups excluding carboxylic acids is 1. The zero-order chi connectivity index (χ0) is 16.2. The number of hydrogen-bond donors (Lipinski definition) is 3. The van der Waals surface area contributed by atoms with E-state index in [1.54, 1.807) is 6.92 Å². The second kappa shape index (κ2) is 7.02. The average molecular weight is 314 g/mol. The summed E-state index contributed by atoms with van der Waals surface area (Å²) >= 11 is 0. The van der Waals surface area contributed by atoms with E-state index in [1.807, 2.05) is 13.8 Å². The molecule has 1 unspecified atom stereocenters. The second-order valence-electron chi connectivity index (χ2n) is 5.48. The SMILES string of the molecule is Cc1ccc(S(=O)(=O)NCC(O)CC(C)C)cc1C(N)=O. The van der Waals surface area contributed by atoms with Crippen LogP contribution >= 0.6 is 0 Å². The molecule has 1 atom stereocenters. The maximum absolute atomic E-state index is 12.1. The van der Waals surface area contributed by atoms with E-state index in [0.717, 1.165) is 0 Å². The molecule has 6 nitrogen and oxygen atoms in total. The summed E-state index contributed by atoms with van der Waals surface area (Å²) in [4.78, 5) is 11.2. The lowest BCUT2D eigenvalue weighted by molar-refractivity contribution is 0.0999. The minimum Gasteiger partial charge on any atom is -0.392 e. The van der Waals surface area contributed by atoms with Crippen LogP contribution in [0.2, 0.25) is 0 Å². The number of hydrogen-bond acceptors (Lipinski definition) is 4. The van der Waals surface area contributed by atoms with Gasteiger partial charge in [0.15, 0.2) is 0 Å². The average Bonchev–Trinajstić information content (AvgIpc) is 2.35. The lowest BCUT2D eigenvalue weighted by Crippen LogP contribution is -2.33. The third-order valence-corrected chi connectivity index (χ3v) is 4.46. The molecule has 0 heterocycles. The van der Waals surface area contributed by atoms with E-state index >= 15 is 0 Å². The summed E-state index contributed by atoms with van der Waals surface area (Å²) in [7, 11) is -3.78. The number of aliphatic hydroxyl groups is 1. The zero-order valence-electron chi connectivity index (χ0n) is 12.5. The van der Waals surface area contributed by atoms with Gasteiger partial charge in [-0.3, -0.25) is 4.79 Å². The molecular weight excluding hydrogens is 292 g/mol. The number of rotatable bonds is 7. The molecule has 4 N–H and O–H groups in total. The van der Waals surface area contributed by atoms with Gasteiger partial charge in [-0.05, 0) is 37.0 Å². The highest BCUT2D eigenvalue weighted by Gasteiger charge is 2.18. The van der Waals surface area contributed by atoms with Crippen LogP contribution in [0.1, 0.15) is 36.2 Å². The quantitative estimate of drug-likeness (QED) is 0.690. The molecule has 1 rings (SSSR count). The largest absolute Gasteiger partial charge is 0.392 e. The number of sulfonamides is 1. The molecule has 0 saturated carbocycles. The molecule has 1 amide bonds. The number of amides is 1. The summed E-state index contributed by atoms with van der Waals surface area (Å²) in [6.45, 7) is 5.49. The van der Waals surface area contributed by atoms with Crippen LogP contribution in [-0.2, 0) is 10.0 Å². The number of aryl methyl sites for hydroxylation is 1. The molecule has 0 spiro atoms. The molecule has 1 aromatic rings. The number of nitrogens with two attached hydrogens (primary N) is 1. The van der Waals surface area contributed by atoms with Gasteiger partial charge < -0.3 is 10.8 Å². The number of nitrogens with one attached hydrogen (secondary N) is 1. The predicted molar refractivity (Wildman–Crippen MR) is 80.3 cm³/mol. The fraction of sp³-hybridized carbons (Fsp3) is 0.500. The van der Waals surface area contributed by atoms with Crippen molar-refractivity contribution in [3.05, 3.63) is 29.3 Å². The number of aliphatic hydroxyl groups excluding tert-OH is 1. The maximum Gasteiger partial charge on any atom is 0.249 e. The first kappa shape index (κ1) is 17.6. The van der Waals surface area contributed by atoms with Gasteiger partial charge in [-0.15, -0.1) is 0 Å². The lowest BCUT2D eigenvalue weighted by atomic mass is 10.1. The second-order valence-corrected chi connectivity index (χ2v) is 7.24. The lowest BCUT2D eigenvalue weighted by Gasteiger charge is -2.14. The minimum atomic E-state index is -3.78. The van der Waals surface area contributed by atoms with Gasteiger partial charge in [0.05, 0.1) is 11.0 Å². The zero-order valence-corrected chi connectivity index (χ0v) is 13.3. The predicted octanol–water partition coefficient (Wildman–Crippen LogP) is 0.779. The number of primary amides is 1. The molecule has 0 radical (unpaired) electrons. The standard InChI is InChI=1S/C14H22N2O4S/c1-9(2)6-11(17)8-16-21(19,20)12-5-4-10(3)13(7-12)14(15)18/h4-5,7,9,11,16-17H,6,8H2,1-3H3,(H2,15,18). The van der Waals surface area contributed by atoms with Gasteiger partial charge in [-0.1, -0.05) is 19.9 Å². The molecule has 1 aromatic carbocycles. The van der Waals surface area contributed by atoms with Crippen molar-refractivity contribution in [2.45, 2.75) is 38.2 Å². The third kappa shape index (κ3) is 5.11. The van der Waals surface area contributed by atoms with Crippen molar-refractivity contribution in [2.24, 2.45) is 11.7 Å². The van der Waals surface area contributed by atoms with Crippen LogP contribution in [0.25, 0.3) is 0 Å². The Hall–Kier alpha value is -1.44. The fourth-order valence-corrected chi connectivity index (χ4v) is 3.05. The first-order valence-corrected chi connectivity index (χ1v) is 8.20. The van der Waals surface area contributed by atoms with Gasteiger partial charge >= 0.3 is 0 Å². The van der Waals surface area contributed by atoms with Gasteiger partial charge in [0.1, 0.15) is 0 Å². The van der Waals surface area contributed by atoms with Crippen LogP contribution in [-0.4, -0.2) is 32.1 Å². The van der Waals surface area contributed by atoms with E-state index in [4.69, 9.17) is 5.73 Å². The first-order valence-electron chi connectivity index (χ1n) is 6.71. The van der Waals surface area contributed by atoms with Gasteiger partial charge in [0.25, 0.3) is 0 Å². The Morgan fingerprint density at radius 2 is 2.00 bits per heavy atom. The summed E-state index contributed by atoms with van der Waals surface area (Å²) in [6.07, 6.45) is -0.246. The normalized spacial score (nSPS) is 13.4. The van der Waals surface area contributed by atoms with E-state index in [2.05, 4.69) is 4.72 Å². The van der Waals surface area contributed by atoms with E-state index in [0.29, 0.717) is 12.0 Å². The number of benzene rings is 1. The van der Waals surface area contributed by atoms with Gasteiger partial charge in [0.2, 0.25) is 15.9 Å². The monoisotopic (exact) mass is 314 g/mol. The Bertz CT molecular complexity index is 611. The van der Waals surface area contributed by atoms with E-state index in [1.165, 1.54) is 18.2 Å². The van der Waals surface area contributed by atoms with Crippen LogP contribution in [0.3, 0.4) is 0 Å². The van der Waals surface area contributed by atoms with Gasteiger partial charge in [-0.25, -0.2) is 13.1 Å². The Morgan fingerprint density at radius 1 is 1.38 bits per heavy atom. The van der Waals surface area contributed by atoms with Crippen molar-refractivity contribution >= 4 is 15.9 Å². The topological polar surface area (TPSA) is 109 Å². The molecule has 118 valence electrons. The van der Waals surface area contributed by atoms with Crippen molar-refractivity contribution in [2.75, 3.05) is 6.54 Å². The molecule has 0 aliphatic heterocycles. The van der Waals surface area contributed by atoms with E-state index < -0.39 is 22.0 Å². The first-order chi connectivity index (χ1) is 9.63. The Balaban J connectivity index is 2.88.